The summed E-state index contributed by atoms with van der Waals surface area (Å²) in [6, 6.07) is 7.86. The van der Waals surface area contributed by atoms with Gasteiger partial charge >= 0.3 is 0 Å². The van der Waals surface area contributed by atoms with Crippen LogP contribution in [0.1, 0.15) is 39.3 Å². The van der Waals surface area contributed by atoms with Gasteiger partial charge in [0.1, 0.15) is 5.75 Å². The Labute approximate surface area is 120 Å². The number of Topliss-reactive ketones (excluding diaryl/α,β-unsaturated/α-hetero) is 1. The predicted molar refractivity (Wildman–Crippen MR) is 80.6 cm³/mol. The number of H-pyrrole nitrogens is 1. The van der Waals surface area contributed by atoms with Gasteiger partial charge in [-0.05, 0) is 56.0 Å². The molecule has 3 nitrogen and oxygen atoms in total. The van der Waals surface area contributed by atoms with E-state index in [4.69, 9.17) is 4.74 Å². The van der Waals surface area contributed by atoms with Crippen LogP contribution in [0.25, 0.3) is 0 Å². The number of benzene rings is 1. The Balaban J connectivity index is 2.02. The lowest BCUT2D eigenvalue weighted by Gasteiger charge is -2.03. The van der Waals surface area contributed by atoms with E-state index in [9.17, 15) is 4.79 Å². The van der Waals surface area contributed by atoms with Gasteiger partial charge in [-0.3, -0.25) is 4.79 Å². The number of carbonyl (C=O) groups is 1. The van der Waals surface area contributed by atoms with Crippen LogP contribution in [0.3, 0.4) is 0 Å². The zero-order valence-corrected chi connectivity index (χ0v) is 12.5. The van der Waals surface area contributed by atoms with Crippen LogP contribution in [-0.2, 0) is 6.42 Å². The Morgan fingerprint density at radius 3 is 2.25 bits per heavy atom. The van der Waals surface area contributed by atoms with E-state index in [-0.39, 0.29) is 5.78 Å². The minimum Gasteiger partial charge on any atom is -0.497 e. The van der Waals surface area contributed by atoms with E-state index in [1.165, 1.54) is 5.56 Å². The Hall–Kier alpha value is -2.03. The molecule has 0 amide bonds. The molecule has 0 bridgehead atoms. The van der Waals surface area contributed by atoms with Crippen molar-refractivity contribution in [2.75, 3.05) is 7.11 Å². The average Bonchev–Trinajstić information content (AvgIpc) is 2.73. The maximum Gasteiger partial charge on any atom is 0.179 e. The molecule has 0 aliphatic heterocycles. The molecule has 0 atom stereocenters. The van der Waals surface area contributed by atoms with Crippen molar-refractivity contribution in [3.8, 4) is 5.75 Å². The normalized spacial score (nSPS) is 10.6. The lowest BCUT2D eigenvalue weighted by Crippen LogP contribution is -2.03. The van der Waals surface area contributed by atoms with Crippen molar-refractivity contribution in [3.63, 3.8) is 0 Å². The lowest BCUT2D eigenvalue weighted by molar-refractivity contribution is 0.0978. The van der Waals surface area contributed by atoms with Crippen LogP contribution < -0.4 is 4.74 Å². The van der Waals surface area contributed by atoms with Gasteiger partial charge in [-0.1, -0.05) is 12.1 Å². The van der Waals surface area contributed by atoms with Crippen LogP contribution in [0.2, 0.25) is 0 Å². The van der Waals surface area contributed by atoms with E-state index in [1.807, 2.05) is 45.0 Å². The number of hydrogen-bond donors (Lipinski definition) is 1. The zero-order valence-electron chi connectivity index (χ0n) is 12.5. The molecule has 1 aromatic carbocycles. The number of aromatic amines is 1. The van der Waals surface area contributed by atoms with Gasteiger partial charge in [0, 0.05) is 12.1 Å². The van der Waals surface area contributed by atoms with Gasteiger partial charge in [-0.25, -0.2) is 0 Å². The van der Waals surface area contributed by atoms with Gasteiger partial charge in [-0.15, -0.1) is 0 Å². The van der Waals surface area contributed by atoms with Gasteiger partial charge in [0.15, 0.2) is 5.78 Å². The van der Waals surface area contributed by atoms with E-state index in [0.29, 0.717) is 6.42 Å². The highest BCUT2D eigenvalue weighted by Crippen LogP contribution is 2.19. The maximum absolute atomic E-state index is 12.3. The van der Waals surface area contributed by atoms with Crippen molar-refractivity contribution in [1.82, 2.24) is 4.98 Å². The first kappa shape index (κ1) is 14.4. The molecule has 0 aliphatic carbocycles. The van der Waals surface area contributed by atoms with Crippen LogP contribution in [0.5, 0.6) is 5.75 Å². The molecule has 1 heterocycles. The van der Waals surface area contributed by atoms with Crippen molar-refractivity contribution in [2.45, 2.75) is 33.6 Å². The summed E-state index contributed by atoms with van der Waals surface area (Å²) in [5.74, 6) is 1.01. The van der Waals surface area contributed by atoms with Crippen LogP contribution in [0.15, 0.2) is 24.3 Å². The summed E-state index contributed by atoms with van der Waals surface area (Å²) in [6.07, 6.45) is 1.27. The van der Waals surface area contributed by atoms with E-state index >= 15 is 0 Å². The number of aromatic nitrogens is 1. The highest BCUT2D eigenvalue weighted by molar-refractivity contribution is 5.96. The molecule has 0 radical (unpaired) electrons. The van der Waals surface area contributed by atoms with E-state index in [2.05, 4.69) is 4.98 Å². The number of ketones is 1. The third-order valence-corrected chi connectivity index (χ3v) is 3.89. The first-order valence-electron chi connectivity index (χ1n) is 6.84. The number of hydrogen-bond acceptors (Lipinski definition) is 2. The smallest absolute Gasteiger partial charge is 0.179 e. The fourth-order valence-electron chi connectivity index (χ4n) is 2.30. The van der Waals surface area contributed by atoms with Crippen molar-refractivity contribution < 1.29 is 9.53 Å². The molecular formula is C17H21NO2. The van der Waals surface area contributed by atoms with Crippen LogP contribution in [0, 0.1) is 20.8 Å². The van der Waals surface area contributed by atoms with Gasteiger partial charge in [0.2, 0.25) is 0 Å². The Morgan fingerprint density at radius 1 is 1.10 bits per heavy atom. The third-order valence-electron chi connectivity index (χ3n) is 3.89. The molecule has 1 aromatic heterocycles. The number of carbonyl (C=O) groups excluding carboxylic acids is 1. The van der Waals surface area contributed by atoms with Gasteiger partial charge in [-0.2, -0.15) is 0 Å². The van der Waals surface area contributed by atoms with Crippen molar-refractivity contribution in [2.24, 2.45) is 0 Å². The highest BCUT2D eigenvalue weighted by Gasteiger charge is 2.14. The fraction of sp³-hybridized carbons (Fsp3) is 0.353. The summed E-state index contributed by atoms with van der Waals surface area (Å²) in [4.78, 5) is 15.5. The monoisotopic (exact) mass is 271 g/mol. The Kier molecular flexibility index (Phi) is 4.28. The molecule has 0 fully saturated rings. The minimum absolute atomic E-state index is 0.175. The predicted octanol–water partition coefficient (Wildman–Crippen LogP) is 3.76. The summed E-state index contributed by atoms with van der Waals surface area (Å²) >= 11 is 0. The first-order chi connectivity index (χ1) is 9.52. The molecule has 0 aliphatic rings. The zero-order chi connectivity index (χ0) is 14.7. The molecule has 0 saturated carbocycles. The number of methoxy groups -OCH3 is 1. The lowest BCUT2D eigenvalue weighted by atomic mass is 10.0. The summed E-state index contributed by atoms with van der Waals surface area (Å²) in [7, 11) is 1.65. The van der Waals surface area contributed by atoms with E-state index < -0.39 is 0 Å². The molecular weight excluding hydrogens is 250 g/mol. The topological polar surface area (TPSA) is 42.1 Å². The molecule has 2 rings (SSSR count). The van der Waals surface area contributed by atoms with Crippen molar-refractivity contribution in [3.05, 3.63) is 52.3 Å². The molecule has 0 spiro atoms. The average molecular weight is 271 g/mol. The molecule has 20 heavy (non-hydrogen) atoms. The van der Waals surface area contributed by atoms with Crippen molar-refractivity contribution >= 4 is 5.78 Å². The number of rotatable bonds is 5. The minimum atomic E-state index is 0.175. The van der Waals surface area contributed by atoms with Crippen LogP contribution >= 0.6 is 0 Å². The van der Waals surface area contributed by atoms with E-state index in [1.54, 1.807) is 7.11 Å². The summed E-state index contributed by atoms with van der Waals surface area (Å²) in [5.41, 5.74) is 5.24. The summed E-state index contributed by atoms with van der Waals surface area (Å²) < 4.78 is 5.12. The first-order valence-corrected chi connectivity index (χ1v) is 6.84. The largest absolute Gasteiger partial charge is 0.497 e. The number of nitrogens with one attached hydrogen (secondary N) is 1. The molecule has 2 aromatic rings. The fourth-order valence-corrected chi connectivity index (χ4v) is 2.30. The molecule has 1 N–H and O–H groups in total. The Bertz CT molecular complexity index is 609. The molecule has 0 unspecified atom stereocenters. The number of aryl methyl sites for hydroxylation is 2. The number of ether oxygens (including phenoxy) is 1. The van der Waals surface area contributed by atoms with E-state index in [0.717, 1.165) is 34.7 Å². The molecule has 0 saturated heterocycles. The second-order valence-corrected chi connectivity index (χ2v) is 5.15. The standard InChI is InChI=1S/C17H21NO2/c1-11-12(2)17(18-13(11)3)16(19)10-7-14-5-8-15(20-4)9-6-14/h5-6,8-9,18H,7,10H2,1-4H3. The van der Waals surface area contributed by atoms with Gasteiger partial charge in [0.05, 0.1) is 12.8 Å². The van der Waals surface area contributed by atoms with Gasteiger partial charge in [0.25, 0.3) is 0 Å². The Morgan fingerprint density at radius 2 is 1.75 bits per heavy atom. The molecule has 106 valence electrons. The van der Waals surface area contributed by atoms with Crippen LogP contribution in [-0.4, -0.2) is 17.9 Å². The highest BCUT2D eigenvalue weighted by atomic mass is 16.5. The SMILES string of the molecule is COc1ccc(CCC(=O)c2[nH]c(C)c(C)c2C)cc1. The summed E-state index contributed by atoms with van der Waals surface area (Å²) in [5, 5.41) is 0. The van der Waals surface area contributed by atoms with Gasteiger partial charge < -0.3 is 9.72 Å². The van der Waals surface area contributed by atoms with Crippen LogP contribution in [0.4, 0.5) is 0 Å². The van der Waals surface area contributed by atoms with Crippen molar-refractivity contribution in [1.29, 1.82) is 0 Å². The quantitative estimate of drug-likeness (QED) is 0.841. The second kappa shape index (κ2) is 5.95. The molecule has 3 heteroatoms. The summed E-state index contributed by atoms with van der Waals surface area (Å²) in [6.45, 7) is 6.05. The third kappa shape index (κ3) is 2.93. The maximum atomic E-state index is 12.3. The second-order valence-electron chi connectivity index (χ2n) is 5.15.